The van der Waals surface area contributed by atoms with Crippen molar-refractivity contribution in [2.45, 2.75) is 19.5 Å². The average Bonchev–Trinajstić information content (AvgIpc) is 2.81. The Labute approximate surface area is 115 Å². The molecule has 0 aliphatic carbocycles. The minimum atomic E-state index is -2.95. The highest BCUT2D eigenvalue weighted by Crippen LogP contribution is 2.22. The van der Waals surface area contributed by atoms with Crippen molar-refractivity contribution in [3.05, 3.63) is 48.0 Å². The minimum Gasteiger partial charge on any atom is -0.434 e. The van der Waals surface area contributed by atoms with Gasteiger partial charge in [-0.1, -0.05) is 12.1 Å². The number of halogens is 2. The first-order valence-corrected chi connectivity index (χ1v) is 6.11. The van der Waals surface area contributed by atoms with Gasteiger partial charge in [0.15, 0.2) is 5.78 Å². The predicted molar refractivity (Wildman–Crippen MR) is 68.9 cm³/mol. The highest BCUT2D eigenvalue weighted by atomic mass is 19.3. The molecule has 6 heteroatoms. The standard InChI is InChI=1S/C14H14F2N2O2/c1-18-9-8-17-13(18)7-6-11(19)10-4-2-3-5-12(10)20-14(15)16/h2-5,8-9,14H,6-7H2,1H3. The molecule has 1 aromatic carbocycles. The molecule has 4 nitrogen and oxygen atoms in total. The number of para-hydroxylation sites is 1. The van der Waals surface area contributed by atoms with Crippen LogP contribution in [0.2, 0.25) is 0 Å². The van der Waals surface area contributed by atoms with E-state index in [0.29, 0.717) is 6.42 Å². The van der Waals surface area contributed by atoms with Crippen molar-refractivity contribution in [1.82, 2.24) is 9.55 Å². The Morgan fingerprint density at radius 2 is 2.15 bits per heavy atom. The van der Waals surface area contributed by atoms with E-state index in [2.05, 4.69) is 9.72 Å². The normalized spacial score (nSPS) is 10.8. The molecule has 106 valence electrons. The number of benzene rings is 1. The highest BCUT2D eigenvalue weighted by molar-refractivity contribution is 5.98. The monoisotopic (exact) mass is 280 g/mol. The van der Waals surface area contributed by atoms with Crippen LogP contribution in [0.25, 0.3) is 0 Å². The molecule has 1 heterocycles. The van der Waals surface area contributed by atoms with Crippen molar-refractivity contribution < 1.29 is 18.3 Å². The molecule has 0 spiro atoms. The minimum absolute atomic E-state index is 0.0904. The number of ether oxygens (including phenoxy) is 1. The number of aromatic nitrogens is 2. The third-order valence-corrected chi connectivity index (χ3v) is 2.90. The molecule has 1 aromatic heterocycles. The van der Waals surface area contributed by atoms with E-state index in [0.717, 1.165) is 5.82 Å². The van der Waals surface area contributed by atoms with Gasteiger partial charge >= 0.3 is 6.61 Å². The lowest BCUT2D eigenvalue weighted by Crippen LogP contribution is -2.09. The van der Waals surface area contributed by atoms with Gasteiger partial charge in [0.05, 0.1) is 5.56 Å². The van der Waals surface area contributed by atoms with Gasteiger partial charge in [-0.15, -0.1) is 0 Å². The molecule has 0 saturated heterocycles. The van der Waals surface area contributed by atoms with Crippen molar-refractivity contribution >= 4 is 5.78 Å². The van der Waals surface area contributed by atoms with Crippen molar-refractivity contribution in [1.29, 1.82) is 0 Å². The molecule has 20 heavy (non-hydrogen) atoms. The topological polar surface area (TPSA) is 44.1 Å². The van der Waals surface area contributed by atoms with Crippen molar-refractivity contribution in [2.75, 3.05) is 0 Å². The summed E-state index contributed by atoms with van der Waals surface area (Å²) >= 11 is 0. The van der Waals surface area contributed by atoms with Crippen molar-refractivity contribution in [3.63, 3.8) is 0 Å². The lowest BCUT2D eigenvalue weighted by molar-refractivity contribution is -0.0501. The number of carbonyl (C=O) groups excluding carboxylic acids is 1. The number of aryl methyl sites for hydroxylation is 2. The Morgan fingerprint density at radius 1 is 1.40 bits per heavy atom. The molecule has 2 rings (SSSR count). The summed E-state index contributed by atoms with van der Waals surface area (Å²) in [4.78, 5) is 16.2. The van der Waals surface area contributed by atoms with Gasteiger partial charge in [-0.05, 0) is 12.1 Å². The fraction of sp³-hybridized carbons (Fsp3) is 0.286. The Balaban J connectivity index is 2.07. The van der Waals surface area contributed by atoms with Gasteiger partial charge in [-0.3, -0.25) is 4.79 Å². The zero-order valence-electron chi connectivity index (χ0n) is 10.9. The van der Waals surface area contributed by atoms with Crippen molar-refractivity contribution in [2.24, 2.45) is 7.05 Å². The first kappa shape index (κ1) is 14.2. The van der Waals surface area contributed by atoms with Crippen LogP contribution in [0.1, 0.15) is 22.6 Å². The van der Waals surface area contributed by atoms with Crippen LogP contribution in [0, 0.1) is 0 Å². The predicted octanol–water partition coefficient (Wildman–Crippen LogP) is 2.84. The molecule has 0 amide bonds. The van der Waals surface area contributed by atoms with E-state index >= 15 is 0 Å². The summed E-state index contributed by atoms with van der Waals surface area (Å²) in [5.74, 6) is 0.433. The first-order valence-electron chi connectivity index (χ1n) is 6.11. The van der Waals surface area contributed by atoms with Gasteiger partial charge in [-0.2, -0.15) is 8.78 Å². The molecule has 0 aliphatic heterocycles. The zero-order chi connectivity index (χ0) is 14.5. The smallest absolute Gasteiger partial charge is 0.387 e. The number of carbonyl (C=O) groups is 1. The van der Waals surface area contributed by atoms with Crippen LogP contribution >= 0.6 is 0 Å². The maximum atomic E-state index is 12.3. The van der Waals surface area contributed by atoms with Gasteiger partial charge in [0.2, 0.25) is 0 Å². The Kier molecular flexibility index (Phi) is 4.45. The Hall–Kier alpha value is -2.24. The lowest BCUT2D eigenvalue weighted by Gasteiger charge is -2.09. The van der Waals surface area contributed by atoms with Crippen LogP contribution in [0.4, 0.5) is 8.78 Å². The molecular weight excluding hydrogens is 266 g/mol. The number of hydrogen-bond donors (Lipinski definition) is 0. The number of nitrogens with zero attached hydrogens (tertiary/aromatic N) is 2. The summed E-state index contributed by atoms with van der Waals surface area (Å²) in [6.07, 6.45) is 4.07. The molecular formula is C14H14F2N2O2. The molecule has 0 radical (unpaired) electrons. The average molecular weight is 280 g/mol. The van der Waals surface area contributed by atoms with E-state index in [1.54, 1.807) is 24.5 Å². The summed E-state index contributed by atoms with van der Waals surface area (Å²) in [6, 6.07) is 6.01. The van der Waals surface area contributed by atoms with Gasteiger partial charge in [0, 0.05) is 32.3 Å². The quantitative estimate of drug-likeness (QED) is 0.764. The van der Waals surface area contributed by atoms with E-state index in [1.165, 1.54) is 12.1 Å². The molecule has 0 N–H and O–H groups in total. The Morgan fingerprint density at radius 3 is 2.80 bits per heavy atom. The van der Waals surface area contributed by atoms with Gasteiger partial charge in [-0.25, -0.2) is 4.98 Å². The highest BCUT2D eigenvalue weighted by Gasteiger charge is 2.15. The van der Waals surface area contributed by atoms with Crippen LogP contribution < -0.4 is 4.74 Å². The maximum absolute atomic E-state index is 12.3. The number of imidazole rings is 1. The molecule has 0 unspecified atom stereocenters. The van der Waals surface area contributed by atoms with E-state index in [9.17, 15) is 13.6 Å². The van der Waals surface area contributed by atoms with Crippen molar-refractivity contribution in [3.8, 4) is 5.75 Å². The lowest BCUT2D eigenvalue weighted by atomic mass is 10.1. The molecule has 0 aliphatic rings. The fourth-order valence-electron chi connectivity index (χ4n) is 1.89. The number of Topliss-reactive ketones (excluding diaryl/α,β-unsaturated/α-hetero) is 1. The molecule has 2 aromatic rings. The molecule has 0 atom stereocenters. The van der Waals surface area contributed by atoms with Crippen LogP contribution in [0.3, 0.4) is 0 Å². The summed E-state index contributed by atoms with van der Waals surface area (Å²) in [7, 11) is 1.83. The fourth-order valence-corrected chi connectivity index (χ4v) is 1.89. The second-order valence-electron chi connectivity index (χ2n) is 4.25. The molecule has 0 saturated carbocycles. The second-order valence-corrected chi connectivity index (χ2v) is 4.25. The summed E-state index contributed by atoms with van der Waals surface area (Å²) in [6.45, 7) is -2.95. The van der Waals surface area contributed by atoms with Crippen LogP contribution in [-0.2, 0) is 13.5 Å². The van der Waals surface area contributed by atoms with E-state index in [1.807, 2.05) is 11.6 Å². The third-order valence-electron chi connectivity index (χ3n) is 2.90. The second kappa shape index (κ2) is 6.27. The summed E-state index contributed by atoms with van der Waals surface area (Å²) in [5.41, 5.74) is 0.169. The third kappa shape index (κ3) is 3.40. The molecule has 0 fully saturated rings. The van der Waals surface area contributed by atoms with Gasteiger partial charge < -0.3 is 9.30 Å². The number of hydrogen-bond acceptors (Lipinski definition) is 3. The molecule has 0 bridgehead atoms. The van der Waals surface area contributed by atoms with E-state index in [-0.39, 0.29) is 23.5 Å². The van der Waals surface area contributed by atoms with Crippen LogP contribution in [-0.4, -0.2) is 21.9 Å². The van der Waals surface area contributed by atoms with Crippen LogP contribution in [0.5, 0.6) is 5.75 Å². The Bertz CT molecular complexity index is 596. The van der Waals surface area contributed by atoms with Gasteiger partial charge in [0.1, 0.15) is 11.6 Å². The maximum Gasteiger partial charge on any atom is 0.387 e. The largest absolute Gasteiger partial charge is 0.434 e. The van der Waals surface area contributed by atoms with E-state index in [4.69, 9.17) is 0 Å². The van der Waals surface area contributed by atoms with E-state index < -0.39 is 6.61 Å². The number of ketones is 1. The number of alkyl halides is 2. The SMILES string of the molecule is Cn1ccnc1CCC(=O)c1ccccc1OC(F)F. The summed E-state index contributed by atoms with van der Waals surface area (Å²) < 4.78 is 30.7. The van der Waals surface area contributed by atoms with Crippen LogP contribution in [0.15, 0.2) is 36.7 Å². The number of rotatable bonds is 6. The zero-order valence-corrected chi connectivity index (χ0v) is 10.9. The summed E-state index contributed by atoms with van der Waals surface area (Å²) in [5, 5.41) is 0. The van der Waals surface area contributed by atoms with Gasteiger partial charge in [0.25, 0.3) is 0 Å². The first-order chi connectivity index (χ1) is 9.58.